The van der Waals surface area contributed by atoms with Crippen molar-refractivity contribution in [3.63, 3.8) is 0 Å². The zero-order chi connectivity index (χ0) is 21.3. The van der Waals surface area contributed by atoms with Crippen LogP contribution in [0.4, 0.5) is 0 Å². The molecule has 2 fully saturated rings. The van der Waals surface area contributed by atoms with E-state index in [1.165, 1.54) is 0 Å². The van der Waals surface area contributed by atoms with E-state index in [0.29, 0.717) is 11.5 Å². The molecule has 0 radical (unpaired) electrons. The number of nitrogens with zero attached hydrogens (tertiary/aromatic N) is 3. The molecule has 1 aliphatic heterocycles. The van der Waals surface area contributed by atoms with Crippen molar-refractivity contribution in [1.82, 2.24) is 25.9 Å². The Balaban J connectivity index is 1.87. The first-order valence-electron chi connectivity index (χ1n) is 10.8. The van der Waals surface area contributed by atoms with Gasteiger partial charge in [-0.1, -0.05) is 19.1 Å². The summed E-state index contributed by atoms with van der Waals surface area (Å²) >= 11 is 0. The van der Waals surface area contributed by atoms with Crippen LogP contribution in [0, 0.1) is 5.92 Å². The van der Waals surface area contributed by atoms with Gasteiger partial charge in [-0.3, -0.25) is 0 Å². The molecule has 4 rings (SSSR count). The van der Waals surface area contributed by atoms with Gasteiger partial charge in [-0.05, 0) is 85.7 Å². The van der Waals surface area contributed by atoms with Crippen LogP contribution in [0.2, 0.25) is 0 Å². The maximum absolute atomic E-state index is 12.9. The Morgan fingerprint density at radius 3 is 2.40 bits per heavy atom. The van der Waals surface area contributed by atoms with Gasteiger partial charge in [-0.25, -0.2) is 13.6 Å². The van der Waals surface area contributed by atoms with Crippen molar-refractivity contribution >= 4 is 10.0 Å². The van der Waals surface area contributed by atoms with Crippen molar-refractivity contribution in [3.8, 4) is 11.4 Å². The molecule has 0 amide bonds. The van der Waals surface area contributed by atoms with Crippen molar-refractivity contribution in [2.75, 3.05) is 13.1 Å². The molecule has 1 atom stereocenters. The van der Waals surface area contributed by atoms with Crippen molar-refractivity contribution in [2.45, 2.75) is 68.2 Å². The molecule has 0 bridgehead atoms. The molecular formula is C20H31N7O2S. The fourth-order valence-corrected chi connectivity index (χ4v) is 6.22. The molecule has 2 heterocycles. The molecule has 1 aromatic heterocycles. The van der Waals surface area contributed by atoms with Crippen LogP contribution < -0.4 is 16.2 Å². The van der Waals surface area contributed by atoms with Crippen LogP contribution in [-0.4, -0.2) is 48.2 Å². The molecule has 1 aromatic carbocycles. The number of primary sulfonamides is 1. The maximum Gasteiger partial charge on any atom is 0.239 e. The summed E-state index contributed by atoms with van der Waals surface area (Å²) in [5.41, 5.74) is 8.27. The zero-order valence-corrected chi connectivity index (χ0v) is 18.2. The fourth-order valence-electron chi connectivity index (χ4n) is 5.15. The van der Waals surface area contributed by atoms with Crippen LogP contribution >= 0.6 is 0 Å². The molecule has 6 N–H and O–H groups in total. The highest BCUT2D eigenvalue weighted by Crippen LogP contribution is 2.44. The third-order valence-electron chi connectivity index (χ3n) is 6.87. The second kappa shape index (κ2) is 8.70. The molecule has 2 aromatic rings. The normalized spacial score (nSPS) is 24.6. The summed E-state index contributed by atoms with van der Waals surface area (Å²) < 4.78 is 25.8. The molecule has 1 aliphatic carbocycles. The predicted molar refractivity (Wildman–Crippen MR) is 114 cm³/mol. The van der Waals surface area contributed by atoms with Crippen LogP contribution in [0.25, 0.3) is 11.4 Å². The van der Waals surface area contributed by atoms with E-state index in [9.17, 15) is 8.42 Å². The monoisotopic (exact) mass is 433 g/mol. The number of hydrogen-bond donors (Lipinski definition) is 4. The Kier molecular flexibility index (Phi) is 6.19. The summed E-state index contributed by atoms with van der Waals surface area (Å²) in [4.78, 5) is 0.155. The van der Waals surface area contributed by atoms with Gasteiger partial charge in [0.25, 0.3) is 0 Å². The van der Waals surface area contributed by atoms with E-state index in [2.05, 4.69) is 38.9 Å². The highest BCUT2D eigenvalue weighted by molar-refractivity contribution is 7.89. The number of aromatic amines is 1. The van der Waals surface area contributed by atoms with Crippen molar-refractivity contribution in [2.24, 2.45) is 16.8 Å². The number of hydrogen-bond acceptors (Lipinski definition) is 7. The fraction of sp³-hybridized carbons (Fsp3) is 0.650. The molecule has 1 unspecified atom stereocenters. The summed E-state index contributed by atoms with van der Waals surface area (Å²) in [6, 6.07) is 4.21. The minimum absolute atomic E-state index is 0.0555. The molecule has 164 valence electrons. The van der Waals surface area contributed by atoms with Crippen LogP contribution in [0.15, 0.2) is 17.0 Å². The van der Waals surface area contributed by atoms with Crippen molar-refractivity contribution in [3.05, 3.63) is 23.3 Å². The van der Waals surface area contributed by atoms with Gasteiger partial charge in [0.05, 0.1) is 4.90 Å². The number of aromatic nitrogens is 4. The SMILES string of the molecule is CC(c1ccc(C2CCC(N)CC2)c(-c2nn[nH]n2)c1S(N)(=O)=O)C1CCNCC1. The minimum Gasteiger partial charge on any atom is -0.328 e. The smallest absolute Gasteiger partial charge is 0.239 e. The summed E-state index contributed by atoms with van der Waals surface area (Å²) in [5, 5.41) is 23.6. The Morgan fingerprint density at radius 2 is 1.80 bits per heavy atom. The van der Waals surface area contributed by atoms with Gasteiger partial charge in [0.2, 0.25) is 15.8 Å². The number of nitrogens with one attached hydrogen (secondary N) is 2. The van der Waals surface area contributed by atoms with Crippen molar-refractivity contribution < 1.29 is 8.42 Å². The third kappa shape index (κ3) is 4.27. The Morgan fingerprint density at radius 1 is 1.10 bits per heavy atom. The van der Waals surface area contributed by atoms with Gasteiger partial charge >= 0.3 is 0 Å². The average molecular weight is 434 g/mol. The van der Waals surface area contributed by atoms with Gasteiger partial charge in [-0.2, -0.15) is 5.21 Å². The molecule has 9 nitrogen and oxygen atoms in total. The first-order chi connectivity index (χ1) is 14.4. The second-order valence-electron chi connectivity index (χ2n) is 8.72. The summed E-state index contributed by atoms with van der Waals surface area (Å²) in [5.74, 6) is 0.925. The van der Waals surface area contributed by atoms with Gasteiger partial charge < -0.3 is 11.1 Å². The molecule has 30 heavy (non-hydrogen) atoms. The van der Waals surface area contributed by atoms with E-state index < -0.39 is 10.0 Å². The van der Waals surface area contributed by atoms with E-state index in [1.54, 1.807) is 0 Å². The van der Waals surface area contributed by atoms with Gasteiger partial charge in [0, 0.05) is 11.6 Å². The number of tetrazole rings is 1. The van der Waals surface area contributed by atoms with Crippen LogP contribution in [0.3, 0.4) is 0 Å². The number of benzene rings is 1. The Labute approximate surface area is 177 Å². The average Bonchev–Trinajstić information content (AvgIpc) is 3.27. The van der Waals surface area contributed by atoms with E-state index in [4.69, 9.17) is 10.9 Å². The third-order valence-corrected chi connectivity index (χ3v) is 7.88. The molecule has 10 heteroatoms. The molecule has 1 saturated heterocycles. The van der Waals surface area contributed by atoms with Crippen LogP contribution in [-0.2, 0) is 10.0 Å². The number of piperidine rings is 1. The lowest BCUT2D eigenvalue weighted by Gasteiger charge is -2.32. The van der Waals surface area contributed by atoms with E-state index in [1.807, 2.05) is 6.07 Å². The topological polar surface area (TPSA) is 153 Å². The van der Waals surface area contributed by atoms with Crippen molar-refractivity contribution in [1.29, 1.82) is 0 Å². The molecule has 2 aliphatic rings. The summed E-state index contributed by atoms with van der Waals surface area (Å²) in [7, 11) is -4.01. The predicted octanol–water partition coefficient (Wildman–Crippen LogP) is 1.60. The summed E-state index contributed by atoms with van der Waals surface area (Å²) in [6.45, 7) is 3.98. The largest absolute Gasteiger partial charge is 0.328 e. The molecule has 0 spiro atoms. The maximum atomic E-state index is 12.9. The van der Waals surface area contributed by atoms with E-state index in [-0.39, 0.29) is 28.6 Å². The summed E-state index contributed by atoms with van der Waals surface area (Å²) in [6.07, 6.45) is 5.64. The lowest BCUT2D eigenvalue weighted by molar-refractivity contribution is 0.328. The van der Waals surface area contributed by atoms with E-state index >= 15 is 0 Å². The Hall–Kier alpha value is -1.88. The number of H-pyrrole nitrogens is 1. The zero-order valence-electron chi connectivity index (χ0n) is 17.3. The quantitative estimate of drug-likeness (QED) is 0.558. The molecular weight excluding hydrogens is 402 g/mol. The van der Waals surface area contributed by atoms with Gasteiger partial charge in [0.15, 0.2) is 0 Å². The number of rotatable bonds is 5. The van der Waals surface area contributed by atoms with Gasteiger partial charge in [0.1, 0.15) is 0 Å². The second-order valence-corrected chi connectivity index (χ2v) is 10.2. The highest BCUT2D eigenvalue weighted by atomic mass is 32.2. The van der Waals surface area contributed by atoms with Gasteiger partial charge in [-0.15, -0.1) is 10.2 Å². The number of nitrogens with two attached hydrogens (primary N) is 2. The van der Waals surface area contributed by atoms with Crippen LogP contribution in [0.1, 0.15) is 68.4 Å². The highest BCUT2D eigenvalue weighted by Gasteiger charge is 2.33. The van der Waals surface area contributed by atoms with Crippen LogP contribution in [0.5, 0.6) is 0 Å². The lowest BCUT2D eigenvalue weighted by atomic mass is 9.77. The Bertz CT molecular complexity index is 963. The standard InChI is InChI=1S/C20H31N7O2S/c1-12(13-8-10-23-11-9-13)16-6-7-17(14-2-4-15(21)5-3-14)18(19(16)30(22,28)29)20-24-26-27-25-20/h6-7,12-15,23H,2-5,8-11,21H2,1H3,(H2,22,28,29)(H,24,25,26,27). The minimum atomic E-state index is -4.01. The number of sulfonamides is 1. The lowest BCUT2D eigenvalue weighted by Crippen LogP contribution is -2.31. The van der Waals surface area contributed by atoms with E-state index in [0.717, 1.165) is 62.7 Å². The molecule has 1 saturated carbocycles. The first-order valence-corrected chi connectivity index (χ1v) is 12.3. The first kappa shape index (κ1) is 21.4.